The lowest BCUT2D eigenvalue weighted by Crippen LogP contribution is -2.14. The predicted octanol–water partition coefficient (Wildman–Crippen LogP) is 3.12. The van der Waals surface area contributed by atoms with E-state index >= 15 is 0 Å². The maximum absolute atomic E-state index is 12.9. The Morgan fingerprint density at radius 2 is 2.00 bits per heavy atom. The van der Waals surface area contributed by atoms with Crippen LogP contribution in [0, 0.1) is 0 Å². The van der Waals surface area contributed by atoms with Crippen molar-refractivity contribution in [1.82, 2.24) is 4.98 Å². The third kappa shape index (κ3) is 2.05. The summed E-state index contributed by atoms with van der Waals surface area (Å²) in [6.45, 7) is 0. The third-order valence-electron chi connectivity index (χ3n) is 2.40. The lowest BCUT2D eigenvalue weighted by molar-refractivity contribution is -0.136. The van der Waals surface area contributed by atoms with E-state index in [2.05, 4.69) is 20.9 Å². The van der Waals surface area contributed by atoms with Crippen LogP contribution in [0.4, 0.5) is 13.2 Å². The molecule has 0 atom stereocenters. The van der Waals surface area contributed by atoms with E-state index in [-0.39, 0.29) is 20.9 Å². The molecule has 0 saturated heterocycles. The van der Waals surface area contributed by atoms with Crippen LogP contribution in [0.15, 0.2) is 28.9 Å². The molecule has 0 unspecified atom stereocenters. The highest BCUT2D eigenvalue weighted by Crippen LogP contribution is 2.38. The van der Waals surface area contributed by atoms with Crippen LogP contribution < -0.4 is 5.73 Å². The summed E-state index contributed by atoms with van der Waals surface area (Å²) in [5, 5.41) is -0.0412. The number of carbonyl (C=O) groups is 1. The summed E-state index contributed by atoms with van der Waals surface area (Å²) in [4.78, 5) is 14.9. The highest BCUT2D eigenvalue weighted by molar-refractivity contribution is 9.10. The average Bonchev–Trinajstić information content (AvgIpc) is 2.27. The number of rotatable bonds is 1. The summed E-state index contributed by atoms with van der Waals surface area (Å²) in [5.74, 6) is -0.869. The fraction of sp³-hybridized carbons (Fsp3) is 0.0909. The van der Waals surface area contributed by atoms with E-state index in [9.17, 15) is 18.0 Å². The van der Waals surface area contributed by atoms with E-state index in [4.69, 9.17) is 5.73 Å². The van der Waals surface area contributed by atoms with Crippen molar-refractivity contribution in [3.8, 4) is 0 Å². The first-order valence-electron chi connectivity index (χ1n) is 4.76. The molecule has 2 N–H and O–H groups in total. The molecule has 94 valence electrons. The zero-order chi connectivity index (χ0) is 13.5. The minimum absolute atomic E-state index is 0.0756. The Bertz CT molecular complexity index is 640. The molecule has 2 rings (SSSR count). The Balaban J connectivity index is 2.93. The van der Waals surface area contributed by atoms with E-state index in [1.54, 1.807) is 0 Å². The fourth-order valence-electron chi connectivity index (χ4n) is 1.69. The second-order valence-corrected chi connectivity index (χ2v) is 4.40. The number of hydrogen-bond acceptors (Lipinski definition) is 2. The zero-order valence-electron chi connectivity index (χ0n) is 8.75. The van der Waals surface area contributed by atoms with Crippen molar-refractivity contribution >= 4 is 32.6 Å². The minimum atomic E-state index is -4.52. The number of alkyl halides is 3. The largest absolute Gasteiger partial charge is 0.417 e. The van der Waals surface area contributed by atoms with Gasteiger partial charge in [0.05, 0.1) is 5.56 Å². The first-order valence-corrected chi connectivity index (χ1v) is 5.56. The SMILES string of the molecule is NC(=O)c1ncc(Br)c2c(C(F)(F)F)cccc12. The van der Waals surface area contributed by atoms with Gasteiger partial charge in [0, 0.05) is 21.4 Å². The Kier molecular flexibility index (Phi) is 3.02. The first kappa shape index (κ1) is 12.8. The number of halogens is 4. The molecule has 1 heterocycles. The zero-order valence-corrected chi connectivity index (χ0v) is 10.3. The summed E-state index contributed by atoms with van der Waals surface area (Å²) in [5.41, 5.74) is 4.07. The van der Waals surface area contributed by atoms with Crippen molar-refractivity contribution < 1.29 is 18.0 Å². The summed E-state index contributed by atoms with van der Waals surface area (Å²) < 4.78 is 38.8. The number of primary amides is 1. The van der Waals surface area contributed by atoms with Crippen LogP contribution in [0.2, 0.25) is 0 Å². The van der Waals surface area contributed by atoms with Crippen LogP contribution in [-0.2, 0) is 6.18 Å². The topological polar surface area (TPSA) is 56.0 Å². The van der Waals surface area contributed by atoms with E-state index in [0.717, 1.165) is 12.3 Å². The maximum atomic E-state index is 12.9. The number of amides is 1. The number of carbonyl (C=O) groups excluding carboxylic acids is 1. The summed E-state index contributed by atoms with van der Waals surface area (Å²) in [6.07, 6.45) is -3.38. The van der Waals surface area contributed by atoms with Crippen molar-refractivity contribution in [2.45, 2.75) is 6.18 Å². The predicted molar refractivity (Wildman–Crippen MR) is 63.0 cm³/mol. The average molecular weight is 319 g/mol. The van der Waals surface area contributed by atoms with Gasteiger partial charge in [-0.2, -0.15) is 13.2 Å². The van der Waals surface area contributed by atoms with Crippen LogP contribution in [0.5, 0.6) is 0 Å². The molecule has 1 amide bonds. The number of aromatic nitrogens is 1. The van der Waals surface area contributed by atoms with Gasteiger partial charge in [-0.05, 0) is 22.0 Å². The molecule has 0 aliphatic heterocycles. The number of nitrogens with zero attached hydrogens (tertiary/aromatic N) is 1. The lowest BCUT2D eigenvalue weighted by Gasteiger charge is -2.12. The second kappa shape index (κ2) is 4.24. The normalized spacial score (nSPS) is 11.8. The van der Waals surface area contributed by atoms with Crippen molar-refractivity contribution in [3.63, 3.8) is 0 Å². The quantitative estimate of drug-likeness (QED) is 0.878. The first-order chi connectivity index (χ1) is 8.32. The van der Waals surface area contributed by atoms with Gasteiger partial charge in [0.25, 0.3) is 5.91 Å². The van der Waals surface area contributed by atoms with Crippen LogP contribution in [0.3, 0.4) is 0 Å². The molecule has 0 radical (unpaired) electrons. The Hall–Kier alpha value is -1.63. The molecule has 0 fully saturated rings. The van der Waals surface area contributed by atoms with Crippen LogP contribution in [0.25, 0.3) is 10.8 Å². The van der Waals surface area contributed by atoms with Gasteiger partial charge in [0.1, 0.15) is 5.69 Å². The van der Waals surface area contributed by atoms with E-state index < -0.39 is 17.6 Å². The highest BCUT2D eigenvalue weighted by Gasteiger charge is 2.33. The molecule has 0 bridgehead atoms. The van der Waals surface area contributed by atoms with Gasteiger partial charge in [-0.1, -0.05) is 12.1 Å². The second-order valence-electron chi connectivity index (χ2n) is 3.54. The molecule has 1 aromatic heterocycles. The summed E-state index contributed by atoms with van der Waals surface area (Å²) in [6, 6.07) is 3.53. The monoisotopic (exact) mass is 318 g/mol. The van der Waals surface area contributed by atoms with Gasteiger partial charge in [-0.15, -0.1) is 0 Å². The van der Waals surface area contributed by atoms with Crippen LogP contribution in [-0.4, -0.2) is 10.9 Å². The number of fused-ring (bicyclic) bond motifs is 1. The van der Waals surface area contributed by atoms with Crippen LogP contribution in [0.1, 0.15) is 16.1 Å². The molecule has 0 aliphatic carbocycles. The molecule has 0 aliphatic rings. The molecule has 18 heavy (non-hydrogen) atoms. The molecule has 2 aromatic rings. The number of benzene rings is 1. The Morgan fingerprint density at radius 1 is 1.33 bits per heavy atom. The van der Waals surface area contributed by atoms with Gasteiger partial charge < -0.3 is 5.73 Å². The fourth-order valence-corrected chi connectivity index (χ4v) is 2.22. The standard InChI is InChI=1S/C11H6BrF3N2O/c12-7-4-17-9(10(16)18)5-2-1-3-6(8(5)7)11(13,14)15/h1-4H,(H2,16,18). The van der Waals surface area contributed by atoms with Crippen molar-refractivity contribution in [1.29, 1.82) is 0 Å². The molecule has 0 spiro atoms. The number of nitrogens with two attached hydrogens (primary N) is 1. The molecule has 0 saturated carbocycles. The van der Waals surface area contributed by atoms with Crippen molar-refractivity contribution in [3.05, 3.63) is 40.1 Å². The summed E-state index contributed by atoms with van der Waals surface area (Å²) >= 11 is 3.01. The van der Waals surface area contributed by atoms with Gasteiger partial charge in [0.15, 0.2) is 0 Å². The Morgan fingerprint density at radius 3 is 2.56 bits per heavy atom. The van der Waals surface area contributed by atoms with Gasteiger partial charge in [-0.3, -0.25) is 4.79 Å². The van der Waals surface area contributed by atoms with E-state index in [1.807, 2.05) is 0 Å². The van der Waals surface area contributed by atoms with Gasteiger partial charge in [-0.25, -0.2) is 4.98 Å². The molecular formula is C11H6BrF3N2O. The van der Waals surface area contributed by atoms with Gasteiger partial charge in [0.2, 0.25) is 0 Å². The molecule has 7 heteroatoms. The van der Waals surface area contributed by atoms with E-state index in [1.165, 1.54) is 12.1 Å². The molecular weight excluding hydrogens is 313 g/mol. The van der Waals surface area contributed by atoms with Crippen molar-refractivity contribution in [2.75, 3.05) is 0 Å². The smallest absolute Gasteiger partial charge is 0.364 e. The number of pyridine rings is 1. The molecule has 3 nitrogen and oxygen atoms in total. The van der Waals surface area contributed by atoms with E-state index in [0.29, 0.717) is 0 Å². The van der Waals surface area contributed by atoms with Crippen molar-refractivity contribution in [2.24, 2.45) is 5.73 Å². The third-order valence-corrected chi connectivity index (χ3v) is 3.01. The lowest BCUT2D eigenvalue weighted by atomic mass is 10.0. The van der Waals surface area contributed by atoms with Gasteiger partial charge >= 0.3 is 6.18 Å². The minimum Gasteiger partial charge on any atom is -0.364 e. The maximum Gasteiger partial charge on any atom is 0.417 e. The Labute approximate surface area is 108 Å². The summed E-state index contributed by atoms with van der Waals surface area (Å²) in [7, 11) is 0. The number of hydrogen-bond donors (Lipinski definition) is 1. The highest BCUT2D eigenvalue weighted by atomic mass is 79.9. The van der Waals surface area contributed by atoms with Crippen LogP contribution >= 0.6 is 15.9 Å². The molecule has 1 aromatic carbocycles.